The number of benzene rings is 2. The molecule has 0 radical (unpaired) electrons. The maximum Gasteiger partial charge on any atom is 0.125 e. The Labute approximate surface area is 121 Å². The van der Waals surface area contributed by atoms with Gasteiger partial charge in [-0.25, -0.2) is 4.39 Å². The molecular weight excluding hydrogens is 340 g/mol. The number of halogens is 2. The van der Waals surface area contributed by atoms with Crippen LogP contribution in [0.1, 0.15) is 12.5 Å². The van der Waals surface area contributed by atoms with Crippen LogP contribution in [0.3, 0.4) is 0 Å². The van der Waals surface area contributed by atoms with E-state index in [9.17, 15) is 4.39 Å². The van der Waals surface area contributed by atoms with Crippen LogP contribution < -0.4 is 4.90 Å². The van der Waals surface area contributed by atoms with E-state index in [1.165, 1.54) is 15.2 Å². The van der Waals surface area contributed by atoms with Gasteiger partial charge < -0.3 is 4.90 Å². The molecule has 0 aliphatic heterocycles. The van der Waals surface area contributed by atoms with E-state index in [0.29, 0.717) is 0 Å². The van der Waals surface area contributed by atoms with E-state index in [1.54, 1.807) is 12.1 Å². The molecule has 0 aromatic heterocycles. The maximum atomic E-state index is 13.2. The van der Waals surface area contributed by atoms with Gasteiger partial charge in [0, 0.05) is 22.3 Å². The minimum absolute atomic E-state index is 0.187. The van der Waals surface area contributed by atoms with E-state index in [-0.39, 0.29) is 5.82 Å². The lowest BCUT2D eigenvalue weighted by Crippen LogP contribution is -2.21. The Bertz CT molecular complexity index is 510. The lowest BCUT2D eigenvalue weighted by molar-refractivity contribution is 0.626. The zero-order valence-corrected chi connectivity index (χ0v) is 12.4. The fourth-order valence-corrected chi connectivity index (χ4v) is 2.23. The molecule has 3 heteroatoms. The summed E-state index contributed by atoms with van der Waals surface area (Å²) in [6, 6.07) is 15.2. The molecule has 0 aliphatic rings. The van der Waals surface area contributed by atoms with E-state index in [2.05, 4.69) is 58.7 Å². The Balaban J connectivity index is 2.17. The third kappa shape index (κ3) is 3.45. The van der Waals surface area contributed by atoms with Crippen molar-refractivity contribution in [2.45, 2.75) is 13.5 Å². The molecule has 0 saturated heterocycles. The van der Waals surface area contributed by atoms with Gasteiger partial charge in [-0.3, -0.25) is 0 Å². The first-order valence-electron chi connectivity index (χ1n) is 5.94. The molecule has 2 rings (SSSR count). The zero-order chi connectivity index (χ0) is 13.0. The molecule has 0 atom stereocenters. The van der Waals surface area contributed by atoms with Crippen molar-refractivity contribution in [3.05, 3.63) is 63.5 Å². The molecule has 94 valence electrons. The van der Waals surface area contributed by atoms with Crippen molar-refractivity contribution in [1.29, 1.82) is 0 Å². The molecule has 0 unspecified atom stereocenters. The normalized spacial score (nSPS) is 10.4. The van der Waals surface area contributed by atoms with Crippen LogP contribution in [0.25, 0.3) is 0 Å². The number of nitrogens with zero attached hydrogens (tertiary/aromatic N) is 1. The molecule has 0 fully saturated rings. The average molecular weight is 355 g/mol. The Morgan fingerprint density at radius 3 is 2.44 bits per heavy atom. The molecule has 0 saturated carbocycles. The largest absolute Gasteiger partial charge is 0.367 e. The van der Waals surface area contributed by atoms with E-state index in [1.807, 2.05) is 6.07 Å². The second-order valence-electron chi connectivity index (χ2n) is 4.12. The second kappa shape index (κ2) is 6.18. The molecule has 2 aromatic rings. The van der Waals surface area contributed by atoms with Gasteiger partial charge in [-0.15, -0.1) is 0 Å². The highest BCUT2D eigenvalue weighted by atomic mass is 127. The number of rotatable bonds is 4. The van der Waals surface area contributed by atoms with Crippen LogP contribution in [0.15, 0.2) is 48.5 Å². The summed E-state index contributed by atoms with van der Waals surface area (Å²) in [5.74, 6) is -0.187. The average Bonchev–Trinajstić information content (AvgIpc) is 2.38. The quantitative estimate of drug-likeness (QED) is 0.733. The second-order valence-corrected chi connectivity index (χ2v) is 5.37. The summed E-state index contributed by atoms with van der Waals surface area (Å²) in [6.07, 6.45) is 0. The zero-order valence-electron chi connectivity index (χ0n) is 10.2. The third-order valence-electron chi connectivity index (χ3n) is 2.84. The van der Waals surface area contributed by atoms with E-state index < -0.39 is 0 Å². The lowest BCUT2D eigenvalue weighted by Gasteiger charge is -2.23. The van der Waals surface area contributed by atoms with Gasteiger partial charge in [0.15, 0.2) is 0 Å². The topological polar surface area (TPSA) is 3.24 Å². The first-order valence-corrected chi connectivity index (χ1v) is 7.02. The molecule has 0 spiro atoms. The highest BCUT2D eigenvalue weighted by Crippen LogP contribution is 2.18. The summed E-state index contributed by atoms with van der Waals surface area (Å²) in [5, 5.41) is 0. The minimum Gasteiger partial charge on any atom is -0.367 e. The summed E-state index contributed by atoms with van der Waals surface area (Å²) in [6.45, 7) is 3.74. The Kier molecular flexibility index (Phi) is 4.58. The molecule has 1 nitrogen and oxygen atoms in total. The summed E-state index contributed by atoms with van der Waals surface area (Å²) < 4.78 is 14.5. The van der Waals surface area contributed by atoms with Gasteiger partial charge in [-0.05, 0) is 65.4 Å². The van der Waals surface area contributed by atoms with Crippen LogP contribution >= 0.6 is 22.6 Å². The van der Waals surface area contributed by atoms with Gasteiger partial charge in [0.1, 0.15) is 5.82 Å². The number of hydrogen-bond donors (Lipinski definition) is 0. The van der Waals surface area contributed by atoms with Crippen LogP contribution in [0.5, 0.6) is 0 Å². The highest BCUT2D eigenvalue weighted by molar-refractivity contribution is 14.1. The molecule has 0 bridgehead atoms. The Morgan fingerprint density at radius 1 is 1.11 bits per heavy atom. The molecule has 0 aliphatic carbocycles. The van der Waals surface area contributed by atoms with E-state index in [4.69, 9.17) is 0 Å². The van der Waals surface area contributed by atoms with E-state index in [0.717, 1.165) is 18.8 Å². The van der Waals surface area contributed by atoms with Crippen LogP contribution in [0.2, 0.25) is 0 Å². The molecule has 2 aromatic carbocycles. The Morgan fingerprint density at radius 2 is 1.83 bits per heavy atom. The number of anilines is 1. The fraction of sp³-hybridized carbons (Fsp3) is 0.200. The summed E-state index contributed by atoms with van der Waals surface area (Å²) in [5.41, 5.74) is 2.16. The third-order valence-corrected chi connectivity index (χ3v) is 3.56. The van der Waals surface area contributed by atoms with Crippen molar-refractivity contribution < 1.29 is 4.39 Å². The van der Waals surface area contributed by atoms with Crippen molar-refractivity contribution in [1.82, 2.24) is 0 Å². The van der Waals surface area contributed by atoms with Crippen LogP contribution in [0.4, 0.5) is 10.1 Å². The number of hydrogen-bond acceptors (Lipinski definition) is 1. The van der Waals surface area contributed by atoms with Crippen molar-refractivity contribution in [2.24, 2.45) is 0 Å². The molecule has 18 heavy (non-hydrogen) atoms. The Hall–Kier alpha value is -1.10. The van der Waals surface area contributed by atoms with E-state index >= 15 is 0 Å². The van der Waals surface area contributed by atoms with Crippen LogP contribution in [0, 0.1) is 9.39 Å². The standard InChI is InChI=1S/C15H15FIN/c1-2-18(15-5-3-4-13(16)10-15)11-12-6-8-14(17)9-7-12/h3-10H,2,11H2,1H3. The SMILES string of the molecule is CCN(Cc1ccc(I)cc1)c1cccc(F)c1. The van der Waals surface area contributed by atoms with Gasteiger partial charge in [0.25, 0.3) is 0 Å². The predicted molar refractivity (Wildman–Crippen MR) is 82.3 cm³/mol. The van der Waals surface area contributed by atoms with Crippen molar-refractivity contribution in [3.63, 3.8) is 0 Å². The van der Waals surface area contributed by atoms with Crippen molar-refractivity contribution in [2.75, 3.05) is 11.4 Å². The van der Waals surface area contributed by atoms with Gasteiger partial charge in [0.2, 0.25) is 0 Å². The van der Waals surface area contributed by atoms with Gasteiger partial charge in [-0.1, -0.05) is 18.2 Å². The first-order chi connectivity index (χ1) is 8.69. The fourth-order valence-electron chi connectivity index (χ4n) is 1.87. The minimum atomic E-state index is -0.187. The highest BCUT2D eigenvalue weighted by Gasteiger charge is 2.06. The van der Waals surface area contributed by atoms with Crippen molar-refractivity contribution >= 4 is 28.3 Å². The van der Waals surface area contributed by atoms with Gasteiger partial charge >= 0.3 is 0 Å². The smallest absolute Gasteiger partial charge is 0.125 e. The molecule has 0 heterocycles. The maximum absolute atomic E-state index is 13.2. The first kappa shape index (κ1) is 13.3. The predicted octanol–water partition coefficient (Wildman–Crippen LogP) is 4.46. The summed E-state index contributed by atoms with van der Waals surface area (Å²) in [7, 11) is 0. The summed E-state index contributed by atoms with van der Waals surface area (Å²) >= 11 is 2.29. The molecule has 0 amide bonds. The summed E-state index contributed by atoms with van der Waals surface area (Å²) in [4.78, 5) is 2.16. The van der Waals surface area contributed by atoms with Crippen LogP contribution in [-0.2, 0) is 6.54 Å². The molecular formula is C15H15FIN. The monoisotopic (exact) mass is 355 g/mol. The lowest BCUT2D eigenvalue weighted by atomic mass is 10.2. The van der Waals surface area contributed by atoms with Gasteiger partial charge in [0.05, 0.1) is 0 Å². The van der Waals surface area contributed by atoms with Crippen molar-refractivity contribution in [3.8, 4) is 0 Å². The molecule has 0 N–H and O–H groups in total. The van der Waals surface area contributed by atoms with Crippen LogP contribution in [-0.4, -0.2) is 6.54 Å². The van der Waals surface area contributed by atoms with Gasteiger partial charge in [-0.2, -0.15) is 0 Å².